The van der Waals surface area contributed by atoms with Crippen molar-refractivity contribution in [2.24, 2.45) is 0 Å². The van der Waals surface area contributed by atoms with Crippen molar-refractivity contribution in [2.45, 2.75) is 26.7 Å². The molecule has 0 atom stereocenters. The van der Waals surface area contributed by atoms with Crippen LogP contribution in [0.3, 0.4) is 0 Å². The molecule has 0 fully saturated rings. The maximum absolute atomic E-state index is 10.4. The van der Waals surface area contributed by atoms with Crippen LogP contribution < -0.4 is 0 Å². The van der Waals surface area contributed by atoms with Crippen LogP contribution in [0, 0.1) is 0 Å². The first-order valence-corrected chi connectivity index (χ1v) is 6.45. The molecule has 0 aromatic heterocycles. The van der Waals surface area contributed by atoms with Gasteiger partial charge >= 0.3 is 0 Å². The molecule has 3 heteroatoms. The fourth-order valence-corrected chi connectivity index (χ4v) is 2.35. The lowest BCUT2D eigenvalue weighted by molar-refractivity contribution is 0.450. The number of para-hydroxylation sites is 1. The summed E-state index contributed by atoms with van der Waals surface area (Å²) >= 11 is 0. The molecule has 2 rings (SSSR count). The standard InChI is InChI=1S/C16H18O3/c1-3-10-9-14(18)11(4-2)15(16(10)19)12-7-5-6-8-13(12)17/h5-9,17-19H,3-4H2,1-2H3. The van der Waals surface area contributed by atoms with Crippen molar-refractivity contribution >= 4 is 0 Å². The summed E-state index contributed by atoms with van der Waals surface area (Å²) in [6.45, 7) is 3.82. The SMILES string of the molecule is CCc1cc(O)c(CC)c(-c2ccccc2O)c1O. The molecule has 0 aliphatic heterocycles. The zero-order chi connectivity index (χ0) is 14.0. The average molecular weight is 258 g/mol. The smallest absolute Gasteiger partial charge is 0.127 e. The Bertz CT molecular complexity index is 603. The van der Waals surface area contributed by atoms with Crippen LogP contribution in [0.2, 0.25) is 0 Å². The molecule has 3 nitrogen and oxygen atoms in total. The normalized spacial score (nSPS) is 10.6. The molecule has 3 N–H and O–H groups in total. The van der Waals surface area contributed by atoms with E-state index < -0.39 is 0 Å². The molecule has 0 aliphatic carbocycles. The Hall–Kier alpha value is -2.16. The summed E-state index contributed by atoms with van der Waals surface area (Å²) in [5.74, 6) is 0.397. The summed E-state index contributed by atoms with van der Waals surface area (Å²) in [5, 5.41) is 30.4. The van der Waals surface area contributed by atoms with Crippen LogP contribution in [0.15, 0.2) is 30.3 Å². The Morgan fingerprint density at radius 2 is 1.58 bits per heavy atom. The highest BCUT2D eigenvalue weighted by Gasteiger charge is 2.19. The minimum Gasteiger partial charge on any atom is -0.508 e. The number of phenols is 3. The molecular weight excluding hydrogens is 240 g/mol. The zero-order valence-electron chi connectivity index (χ0n) is 11.1. The van der Waals surface area contributed by atoms with Crippen molar-refractivity contribution in [1.82, 2.24) is 0 Å². The molecule has 0 radical (unpaired) electrons. The van der Waals surface area contributed by atoms with Gasteiger partial charge in [-0.15, -0.1) is 0 Å². The van der Waals surface area contributed by atoms with E-state index in [1.165, 1.54) is 0 Å². The number of phenolic OH excluding ortho intramolecular Hbond substituents is 3. The maximum atomic E-state index is 10.4. The quantitative estimate of drug-likeness (QED) is 0.737. The van der Waals surface area contributed by atoms with Gasteiger partial charge < -0.3 is 15.3 Å². The fraction of sp³-hybridized carbons (Fsp3) is 0.250. The molecule has 0 amide bonds. The first-order valence-electron chi connectivity index (χ1n) is 6.45. The second-order valence-electron chi connectivity index (χ2n) is 4.48. The van der Waals surface area contributed by atoms with Crippen LogP contribution >= 0.6 is 0 Å². The van der Waals surface area contributed by atoms with Gasteiger partial charge in [-0.3, -0.25) is 0 Å². The van der Waals surface area contributed by atoms with Gasteiger partial charge in [0.05, 0.1) is 0 Å². The number of aryl methyl sites for hydroxylation is 1. The first kappa shape index (κ1) is 13.3. The molecule has 0 aliphatic rings. The highest BCUT2D eigenvalue weighted by molar-refractivity contribution is 5.81. The van der Waals surface area contributed by atoms with Crippen LogP contribution in [0.1, 0.15) is 25.0 Å². The van der Waals surface area contributed by atoms with Gasteiger partial charge in [-0.2, -0.15) is 0 Å². The molecular formula is C16H18O3. The van der Waals surface area contributed by atoms with Crippen LogP contribution in [0.25, 0.3) is 11.1 Å². The lowest BCUT2D eigenvalue weighted by Crippen LogP contribution is -1.94. The minimum atomic E-state index is 0.0974. The van der Waals surface area contributed by atoms with Gasteiger partial charge in [0.2, 0.25) is 0 Å². The molecule has 0 unspecified atom stereocenters. The monoisotopic (exact) mass is 258 g/mol. The lowest BCUT2D eigenvalue weighted by Gasteiger charge is -2.16. The van der Waals surface area contributed by atoms with E-state index in [1.807, 2.05) is 13.8 Å². The summed E-state index contributed by atoms with van der Waals surface area (Å²) < 4.78 is 0. The topological polar surface area (TPSA) is 60.7 Å². The third-order valence-corrected chi connectivity index (χ3v) is 3.37. The third kappa shape index (κ3) is 2.24. The third-order valence-electron chi connectivity index (χ3n) is 3.37. The van der Waals surface area contributed by atoms with Crippen LogP contribution in [0.5, 0.6) is 17.2 Å². The van der Waals surface area contributed by atoms with Gasteiger partial charge in [-0.05, 0) is 30.5 Å². The summed E-state index contributed by atoms with van der Waals surface area (Å²) in [7, 11) is 0. The van der Waals surface area contributed by atoms with E-state index in [0.717, 1.165) is 0 Å². The summed E-state index contributed by atoms with van der Waals surface area (Å²) in [5.41, 5.74) is 2.39. The number of benzene rings is 2. The van der Waals surface area contributed by atoms with E-state index in [0.29, 0.717) is 35.1 Å². The number of aromatic hydroxyl groups is 3. The molecule has 2 aromatic carbocycles. The van der Waals surface area contributed by atoms with Crippen molar-refractivity contribution in [3.8, 4) is 28.4 Å². The molecule has 0 saturated heterocycles. The van der Waals surface area contributed by atoms with E-state index in [9.17, 15) is 15.3 Å². The number of rotatable bonds is 3. The molecule has 0 bridgehead atoms. The van der Waals surface area contributed by atoms with Crippen molar-refractivity contribution in [3.05, 3.63) is 41.5 Å². The Morgan fingerprint density at radius 1 is 0.895 bits per heavy atom. The van der Waals surface area contributed by atoms with Gasteiger partial charge in [-0.25, -0.2) is 0 Å². The Labute approximate surface area is 112 Å². The number of hydrogen-bond acceptors (Lipinski definition) is 3. The average Bonchev–Trinajstić information content (AvgIpc) is 2.41. The summed E-state index contributed by atoms with van der Waals surface area (Å²) in [6.07, 6.45) is 1.19. The number of hydrogen-bond donors (Lipinski definition) is 3. The van der Waals surface area contributed by atoms with E-state index in [-0.39, 0.29) is 17.2 Å². The van der Waals surface area contributed by atoms with Crippen LogP contribution in [0.4, 0.5) is 0 Å². The minimum absolute atomic E-state index is 0.0974. The van der Waals surface area contributed by atoms with Crippen LogP contribution in [-0.2, 0) is 12.8 Å². The maximum Gasteiger partial charge on any atom is 0.127 e. The highest BCUT2D eigenvalue weighted by Crippen LogP contribution is 2.43. The second kappa shape index (κ2) is 5.22. The van der Waals surface area contributed by atoms with Gasteiger partial charge in [0.25, 0.3) is 0 Å². The zero-order valence-corrected chi connectivity index (χ0v) is 11.1. The Kier molecular flexibility index (Phi) is 3.65. The van der Waals surface area contributed by atoms with Gasteiger partial charge in [0.15, 0.2) is 0 Å². The van der Waals surface area contributed by atoms with Crippen molar-refractivity contribution in [2.75, 3.05) is 0 Å². The predicted octanol–water partition coefficient (Wildman–Crippen LogP) is 3.60. The van der Waals surface area contributed by atoms with Crippen molar-refractivity contribution in [1.29, 1.82) is 0 Å². The summed E-state index contributed by atoms with van der Waals surface area (Å²) in [6, 6.07) is 8.43. The summed E-state index contributed by atoms with van der Waals surface area (Å²) in [4.78, 5) is 0. The van der Waals surface area contributed by atoms with Gasteiger partial charge in [0.1, 0.15) is 17.2 Å². The van der Waals surface area contributed by atoms with E-state index in [2.05, 4.69) is 0 Å². The fourth-order valence-electron chi connectivity index (χ4n) is 2.35. The van der Waals surface area contributed by atoms with E-state index in [4.69, 9.17) is 0 Å². The highest BCUT2D eigenvalue weighted by atomic mass is 16.3. The van der Waals surface area contributed by atoms with E-state index >= 15 is 0 Å². The molecule has 100 valence electrons. The molecule has 2 aromatic rings. The van der Waals surface area contributed by atoms with E-state index in [1.54, 1.807) is 30.3 Å². The van der Waals surface area contributed by atoms with Crippen molar-refractivity contribution < 1.29 is 15.3 Å². The van der Waals surface area contributed by atoms with Gasteiger partial charge in [0, 0.05) is 16.7 Å². The first-order chi connectivity index (χ1) is 9.10. The Morgan fingerprint density at radius 3 is 2.16 bits per heavy atom. The lowest BCUT2D eigenvalue weighted by atomic mass is 9.92. The van der Waals surface area contributed by atoms with Crippen molar-refractivity contribution in [3.63, 3.8) is 0 Å². The molecule has 0 spiro atoms. The second-order valence-corrected chi connectivity index (χ2v) is 4.48. The molecule has 0 heterocycles. The van der Waals surface area contributed by atoms with Crippen LogP contribution in [-0.4, -0.2) is 15.3 Å². The predicted molar refractivity (Wildman–Crippen MR) is 75.6 cm³/mol. The molecule has 19 heavy (non-hydrogen) atoms. The van der Waals surface area contributed by atoms with Gasteiger partial charge in [-0.1, -0.05) is 32.0 Å². The largest absolute Gasteiger partial charge is 0.508 e. The molecule has 0 saturated carbocycles. The Balaban J connectivity index is 2.81.